The molecule has 1 atom stereocenters. The maximum absolute atomic E-state index is 12.8. The van der Waals surface area contributed by atoms with Crippen molar-refractivity contribution >= 4 is 22.8 Å². The zero-order valence-corrected chi connectivity index (χ0v) is 13.6. The summed E-state index contributed by atoms with van der Waals surface area (Å²) in [7, 11) is 0. The normalized spacial score (nSPS) is 11.9. The summed E-state index contributed by atoms with van der Waals surface area (Å²) >= 11 is 0. The molecule has 0 spiro atoms. The maximum Gasteiger partial charge on any atom is 0.251 e. The van der Waals surface area contributed by atoms with Gasteiger partial charge in [0.05, 0.1) is 12.6 Å². The number of rotatable bonds is 5. The van der Waals surface area contributed by atoms with Crippen LogP contribution in [0.4, 0.5) is 4.39 Å². The van der Waals surface area contributed by atoms with E-state index in [9.17, 15) is 14.0 Å². The van der Waals surface area contributed by atoms with Gasteiger partial charge >= 0.3 is 0 Å². The van der Waals surface area contributed by atoms with E-state index in [1.54, 1.807) is 6.92 Å². The Morgan fingerprint density at radius 3 is 2.56 bits per heavy atom. The topological polar surface area (TPSA) is 71.3 Å². The summed E-state index contributed by atoms with van der Waals surface area (Å²) in [6.45, 7) is 1.62. The third-order valence-electron chi connectivity index (χ3n) is 3.76. The fourth-order valence-corrected chi connectivity index (χ4v) is 2.44. The summed E-state index contributed by atoms with van der Waals surface area (Å²) in [5.74, 6) is -0.566. The van der Waals surface area contributed by atoms with Crippen LogP contribution in [-0.4, -0.2) is 18.4 Å². The van der Waals surface area contributed by atoms with Gasteiger partial charge in [-0.25, -0.2) is 4.39 Å². The molecule has 0 aliphatic heterocycles. The molecule has 2 N–H and O–H groups in total. The first-order valence-corrected chi connectivity index (χ1v) is 7.84. The van der Waals surface area contributed by atoms with E-state index in [1.165, 1.54) is 24.3 Å². The van der Waals surface area contributed by atoms with Crippen LogP contribution in [0.25, 0.3) is 11.0 Å². The molecule has 6 heteroatoms. The molecule has 2 aromatic carbocycles. The first-order chi connectivity index (χ1) is 12.0. The predicted molar refractivity (Wildman–Crippen MR) is 91.5 cm³/mol. The second-order valence-corrected chi connectivity index (χ2v) is 5.67. The highest BCUT2D eigenvalue weighted by atomic mass is 19.1. The first kappa shape index (κ1) is 16.7. The van der Waals surface area contributed by atoms with Crippen LogP contribution in [0.1, 0.15) is 29.1 Å². The fraction of sp³-hybridized carbons (Fsp3) is 0.158. The minimum Gasteiger partial charge on any atom is -0.459 e. The van der Waals surface area contributed by atoms with Gasteiger partial charge in [-0.1, -0.05) is 18.2 Å². The molecule has 0 saturated heterocycles. The molecule has 0 saturated carbocycles. The highest BCUT2D eigenvalue weighted by Crippen LogP contribution is 2.23. The first-order valence-electron chi connectivity index (χ1n) is 7.84. The van der Waals surface area contributed by atoms with Crippen LogP contribution in [0.3, 0.4) is 0 Å². The smallest absolute Gasteiger partial charge is 0.251 e. The fourth-order valence-electron chi connectivity index (χ4n) is 2.44. The maximum atomic E-state index is 12.8. The second kappa shape index (κ2) is 7.17. The number of hydrogen-bond donors (Lipinski definition) is 2. The van der Waals surface area contributed by atoms with Crippen molar-refractivity contribution in [3.05, 3.63) is 71.7 Å². The molecule has 0 fully saturated rings. The molecule has 128 valence electrons. The number of furan rings is 1. The molecule has 0 unspecified atom stereocenters. The molecule has 1 aromatic heterocycles. The molecule has 3 aromatic rings. The Morgan fingerprint density at radius 2 is 1.84 bits per heavy atom. The van der Waals surface area contributed by atoms with E-state index in [4.69, 9.17) is 4.42 Å². The van der Waals surface area contributed by atoms with Gasteiger partial charge in [0.2, 0.25) is 5.91 Å². The van der Waals surface area contributed by atoms with Gasteiger partial charge in [-0.05, 0) is 43.3 Å². The number of hydrogen-bond acceptors (Lipinski definition) is 3. The highest BCUT2D eigenvalue weighted by molar-refractivity contribution is 5.96. The molecule has 1 heterocycles. The molecule has 0 aliphatic rings. The lowest BCUT2D eigenvalue weighted by molar-refractivity contribution is -0.120. The van der Waals surface area contributed by atoms with Crippen molar-refractivity contribution in [3.8, 4) is 0 Å². The average Bonchev–Trinajstić information content (AvgIpc) is 3.04. The van der Waals surface area contributed by atoms with Crippen molar-refractivity contribution in [1.82, 2.24) is 10.6 Å². The van der Waals surface area contributed by atoms with Crippen molar-refractivity contribution in [1.29, 1.82) is 0 Å². The lowest BCUT2D eigenvalue weighted by Gasteiger charge is -2.12. The number of carbonyl (C=O) groups is 2. The molecule has 5 nitrogen and oxygen atoms in total. The van der Waals surface area contributed by atoms with Crippen molar-refractivity contribution in [3.63, 3.8) is 0 Å². The summed E-state index contributed by atoms with van der Waals surface area (Å²) in [6, 6.07) is 14.2. The molecular formula is C19H17FN2O3. The lowest BCUT2D eigenvalue weighted by Crippen LogP contribution is -2.37. The van der Waals surface area contributed by atoms with E-state index in [-0.39, 0.29) is 18.5 Å². The van der Waals surface area contributed by atoms with Crippen LogP contribution in [0.5, 0.6) is 0 Å². The number of halogens is 1. The SMILES string of the molecule is C[C@@H](NC(=O)CNC(=O)c1ccc(F)cc1)c1cc2ccccc2o1. The van der Waals surface area contributed by atoms with E-state index in [0.717, 1.165) is 11.0 Å². The Morgan fingerprint density at radius 1 is 1.12 bits per heavy atom. The number of carbonyl (C=O) groups excluding carboxylic acids is 2. The standard InChI is InChI=1S/C19H17FN2O3/c1-12(17-10-14-4-2-3-5-16(14)25-17)22-18(23)11-21-19(24)13-6-8-15(20)9-7-13/h2-10,12H,11H2,1H3,(H,21,24)(H,22,23)/t12-/m1/s1. The molecule has 25 heavy (non-hydrogen) atoms. The quantitative estimate of drug-likeness (QED) is 0.749. The highest BCUT2D eigenvalue weighted by Gasteiger charge is 2.15. The number of fused-ring (bicyclic) bond motifs is 1. The molecule has 3 rings (SSSR count). The largest absolute Gasteiger partial charge is 0.459 e. The van der Waals surface area contributed by atoms with Crippen LogP contribution in [0, 0.1) is 5.82 Å². The van der Waals surface area contributed by atoms with Gasteiger partial charge in [-0.2, -0.15) is 0 Å². The van der Waals surface area contributed by atoms with Crippen LogP contribution >= 0.6 is 0 Å². The van der Waals surface area contributed by atoms with Gasteiger partial charge in [0.1, 0.15) is 17.2 Å². The monoisotopic (exact) mass is 340 g/mol. The number of amides is 2. The zero-order chi connectivity index (χ0) is 17.8. The lowest BCUT2D eigenvalue weighted by atomic mass is 10.2. The minimum absolute atomic E-state index is 0.180. The third-order valence-corrected chi connectivity index (χ3v) is 3.76. The Bertz CT molecular complexity index is 869. The van der Waals surface area contributed by atoms with Crippen molar-refractivity contribution in [2.24, 2.45) is 0 Å². The molecule has 2 amide bonds. The van der Waals surface area contributed by atoms with Gasteiger partial charge in [0.25, 0.3) is 5.91 Å². The Kier molecular flexibility index (Phi) is 4.79. The Labute approximate surface area is 143 Å². The summed E-state index contributed by atoms with van der Waals surface area (Å²) in [6.07, 6.45) is 0. The number of benzene rings is 2. The Hall–Kier alpha value is -3.15. The molecule has 0 radical (unpaired) electrons. The van der Waals surface area contributed by atoms with Gasteiger partial charge in [0.15, 0.2) is 0 Å². The van der Waals surface area contributed by atoms with E-state index >= 15 is 0 Å². The average molecular weight is 340 g/mol. The molecule has 0 aliphatic carbocycles. The van der Waals surface area contributed by atoms with E-state index in [0.29, 0.717) is 11.3 Å². The van der Waals surface area contributed by atoms with Crippen LogP contribution in [0.2, 0.25) is 0 Å². The van der Waals surface area contributed by atoms with Crippen LogP contribution in [0.15, 0.2) is 59.0 Å². The molecular weight excluding hydrogens is 323 g/mol. The predicted octanol–water partition coefficient (Wildman–Crippen LogP) is 3.18. The number of nitrogens with one attached hydrogen (secondary N) is 2. The van der Waals surface area contributed by atoms with Crippen LogP contribution < -0.4 is 10.6 Å². The summed E-state index contributed by atoms with van der Waals surface area (Å²) < 4.78 is 18.5. The van der Waals surface area contributed by atoms with Crippen molar-refractivity contribution in [2.45, 2.75) is 13.0 Å². The van der Waals surface area contributed by atoms with Crippen molar-refractivity contribution in [2.75, 3.05) is 6.54 Å². The van der Waals surface area contributed by atoms with Crippen LogP contribution in [-0.2, 0) is 4.79 Å². The third kappa shape index (κ3) is 4.03. The van der Waals surface area contributed by atoms with E-state index in [2.05, 4.69) is 10.6 Å². The van der Waals surface area contributed by atoms with Gasteiger partial charge in [-0.3, -0.25) is 9.59 Å². The van der Waals surface area contributed by atoms with Gasteiger partial charge in [0, 0.05) is 10.9 Å². The summed E-state index contributed by atoms with van der Waals surface area (Å²) in [5, 5.41) is 6.22. The number of para-hydroxylation sites is 1. The van der Waals surface area contributed by atoms with Gasteiger partial charge < -0.3 is 15.1 Å². The zero-order valence-electron chi connectivity index (χ0n) is 13.6. The minimum atomic E-state index is -0.438. The second-order valence-electron chi connectivity index (χ2n) is 5.67. The molecule has 0 bridgehead atoms. The summed E-state index contributed by atoms with van der Waals surface area (Å²) in [5.41, 5.74) is 1.04. The van der Waals surface area contributed by atoms with E-state index in [1.807, 2.05) is 30.3 Å². The summed E-state index contributed by atoms with van der Waals surface area (Å²) in [4.78, 5) is 23.9. The van der Waals surface area contributed by atoms with E-state index < -0.39 is 11.7 Å². The van der Waals surface area contributed by atoms with Crippen molar-refractivity contribution < 1.29 is 18.4 Å². The Balaban J connectivity index is 1.54. The van der Waals surface area contributed by atoms with Gasteiger partial charge in [-0.15, -0.1) is 0 Å².